The summed E-state index contributed by atoms with van der Waals surface area (Å²) in [5.74, 6) is 1.22. The van der Waals surface area contributed by atoms with Gasteiger partial charge in [-0.25, -0.2) is 0 Å². The van der Waals surface area contributed by atoms with E-state index in [0.717, 1.165) is 36.1 Å². The standard InChI is InChI=1S/C24H26ClN3O4/c1-14(2)31-21-12-9-16(13-19(21)25)22-27-23(32-28-22)15-7-10-17(11-8-15)26-20-6-4-5-18(20)24(29)30-3/h7-14,18,20,26H,4-6H2,1-3H3. The van der Waals surface area contributed by atoms with Crippen molar-refractivity contribution in [1.29, 1.82) is 0 Å². The topological polar surface area (TPSA) is 86.5 Å². The van der Waals surface area contributed by atoms with E-state index in [1.807, 2.05) is 44.2 Å². The van der Waals surface area contributed by atoms with Crippen molar-refractivity contribution in [2.24, 2.45) is 5.92 Å². The molecule has 0 aliphatic heterocycles. The lowest BCUT2D eigenvalue weighted by Crippen LogP contribution is -2.30. The van der Waals surface area contributed by atoms with Crippen molar-refractivity contribution in [3.63, 3.8) is 0 Å². The van der Waals surface area contributed by atoms with Gasteiger partial charge in [0.05, 0.1) is 24.2 Å². The molecule has 32 heavy (non-hydrogen) atoms. The average molecular weight is 456 g/mol. The quantitative estimate of drug-likeness (QED) is 0.464. The smallest absolute Gasteiger partial charge is 0.310 e. The molecule has 0 saturated heterocycles. The zero-order valence-corrected chi connectivity index (χ0v) is 19.1. The number of hydrogen-bond donors (Lipinski definition) is 1. The highest BCUT2D eigenvalue weighted by atomic mass is 35.5. The molecule has 1 N–H and O–H groups in total. The molecule has 8 heteroatoms. The number of aromatic nitrogens is 2. The van der Waals surface area contributed by atoms with Gasteiger partial charge in [0.15, 0.2) is 0 Å². The number of esters is 1. The van der Waals surface area contributed by atoms with Crippen molar-refractivity contribution in [2.45, 2.75) is 45.3 Å². The zero-order valence-electron chi connectivity index (χ0n) is 18.3. The van der Waals surface area contributed by atoms with E-state index in [-0.39, 0.29) is 24.0 Å². The minimum absolute atomic E-state index is 0.0348. The average Bonchev–Trinajstić information content (AvgIpc) is 3.45. The highest BCUT2D eigenvalue weighted by Crippen LogP contribution is 2.32. The van der Waals surface area contributed by atoms with Crippen LogP contribution in [0.2, 0.25) is 5.02 Å². The van der Waals surface area contributed by atoms with Crippen LogP contribution in [0.25, 0.3) is 22.8 Å². The van der Waals surface area contributed by atoms with Crippen molar-refractivity contribution in [3.8, 4) is 28.6 Å². The van der Waals surface area contributed by atoms with Gasteiger partial charge in [0.25, 0.3) is 5.89 Å². The van der Waals surface area contributed by atoms with E-state index in [0.29, 0.717) is 22.5 Å². The van der Waals surface area contributed by atoms with E-state index in [1.54, 1.807) is 12.1 Å². The van der Waals surface area contributed by atoms with Crippen molar-refractivity contribution >= 4 is 23.3 Å². The lowest BCUT2D eigenvalue weighted by atomic mass is 10.0. The SMILES string of the molecule is COC(=O)C1CCCC1Nc1ccc(-c2nc(-c3ccc(OC(C)C)c(Cl)c3)no2)cc1. The molecule has 7 nitrogen and oxygen atoms in total. The van der Waals surface area contributed by atoms with Crippen LogP contribution < -0.4 is 10.1 Å². The fourth-order valence-corrected chi connectivity index (χ4v) is 4.16. The van der Waals surface area contributed by atoms with Crippen LogP contribution >= 0.6 is 11.6 Å². The summed E-state index contributed by atoms with van der Waals surface area (Å²) in [6.45, 7) is 3.89. The maximum absolute atomic E-state index is 12.0. The molecule has 2 atom stereocenters. The van der Waals surface area contributed by atoms with Crippen LogP contribution in [0.4, 0.5) is 5.69 Å². The monoisotopic (exact) mass is 455 g/mol. The first-order valence-corrected chi connectivity index (χ1v) is 11.1. The van der Waals surface area contributed by atoms with Crippen molar-refractivity contribution < 1.29 is 18.8 Å². The molecule has 168 valence electrons. The molecule has 1 aliphatic carbocycles. The number of hydrogen-bond acceptors (Lipinski definition) is 7. The van der Waals surface area contributed by atoms with E-state index >= 15 is 0 Å². The summed E-state index contributed by atoms with van der Waals surface area (Å²) < 4.78 is 16.1. The first-order chi connectivity index (χ1) is 15.4. The normalized spacial score (nSPS) is 18.0. The second-order valence-electron chi connectivity index (χ2n) is 8.12. The molecule has 2 aromatic carbocycles. The van der Waals surface area contributed by atoms with Gasteiger partial charge >= 0.3 is 5.97 Å². The van der Waals surface area contributed by atoms with Gasteiger partial charge < -0.3 is 19.3 Å². The lowest BCUT2D eigenvalue weighted by molar-refractivity contribution is -0.145. The van der Waals surface area contributed by atoms with E-state index in [1.165, 1.54) is 7.11 Å². The van der Waals surface area contributed by atoms with Crippen LogP contribution in [0.1, 0.15) is 33.1 Å². The molecule has 0 spiro atoms. The first kappa shape index (κ1) is 22.1. The molecule has 1 aliphatic rings. The molecule has 1 aromatic heterocycles. The fraction of sp³-hybridized carbons (Fsp3) is 0.375. The minimum atomic E-state index is -0.154. The number of nitrogens with zero attached hydrogens (tertiary/aromatic N) is 2. The lowest BCUT2D eigenvalue weighted by Gasteiger charge is -2.20. The van der Waals surface area contributed by atoms with Crippen LogP contribution in [0.5, 0.6) is 5.75 Å². The predicted molar refractivity (Wildman–Crippen MR) is 123 cm³/mol. The van der Waals surface area contributed by atoms with Gasteiger partial charge in [0.1, 0.15) is 5.75 Å². The Kier molecular flexibility index (Phi) is 6.65. The Morgan fingerprint density at radius 1 is 1.16 bits per heavy atom. The summed E-state index contributed by atoms with van der Waals surface area (Å²) in [6, 6.07) is 13.2. The van der Waals surface area contributed by atoms with Crippen molar-refractivity contribution in [1.82, 2.24) is 10.1 Å². The highest BCUT2D eigenvalue weighted by molar-refractivity contribution is 6.32. The largest absolute Gasteiger partial charge is 0.489 e. The Hall–Kier alpha value is -3.06. The van der Waals surface area contributed by atoms with Gasteiger partial charge in [0, 0.05) is 22.9 Å². The van der Waals surface area contributed by atoms with Crippen LogP contribution in [0.3, 0.4) is 0 Å². The van der Waals surface area contributed by atoms with E-state index in [2.05, 4.69) is 15.5 Å². The molecule has 0 amide bonds. The molecular weight excluding hydrogens is 430 g/mol. The van der Waals surface area contributed by atoms with E-state index < -0.39 is 0 Å². The minimum Gasteiger partial charge on any atom is -0.489 e. The summed E-state index contributed by atoms with van der Waals surface area (Å²) in [5.41, 5.74) is 2.48. The number of carbonyl (C=O) groups is 1. The second-order valence-corrected chi connectivity index (χ2v) is 8.53. The van der Waals surface area contributed by atoms with Gasteiger partial charge in [-0.3, -0.25) is 4.79 Å². The molecule has 1 fully saturated rings. The number of ether oxygens (including phenoxy) is 2. The zero-order chi connectivity index (χ0) is 22.7. The highest BCUT2D eigenvalue weighted by Gasteiger charge is 2.33. The molecule has 2 unspecified atom stereocenters. The molecule has 4 rings (SSSR count). The molecule has 0 radical (unpaired) electrons. The van der Waals surface area contributed by atoms with E-state index in [9.17, 15) is 4.79 Å². The third-order valence-electron chi connectivity index (χ3n) is 5.48. The summed E-state index contributed by atoms with van der Waals surface area (Å²) in [5, 5.41) is 8.03. The third-order valence-corrected chi connectivity index (χ3v) is 5.78. The van der Waals surface area contributed by atoms with Crippen molar-refractivity contribution in [2.75, 3.05) is 12.4 Å². The van der Waals surface area contributed by atoms with E-state index in [4.69, 9.17) is 25.6 Å². The van der Waals surface area contributed by atoms with Crippen LogP contribution in [-0.2, 0) is 9.53 Å². The molecular formula is C24H26ClN3O4. The fourth-order valence-electron chi connectivity index (χ4n) is 3.94. The Bertz CT molecular complexity index is 1080. The predicted octanol–water partition coefficient (Wildman–Crippen LogP) is 5.60. The van der Waals surface area contributed by atoms with Gasteiger partial charge in [0.2, 0.25) is 5.82 Å². The maximum atomic E-state index is 12.0. The van der Waals surface area contributed by atoms with Gasteiger partial charge in [-0.05, 0) is 69.2 Å². The summed E-state index contributed by atoms with van der Waals surface area (Å²) in [4.78, 5) is 16.5. The number of methoxy groups -OCH3 is 1. The van der Waals surface area contributed by atoms with Gasteiger partial charge in [-0.15, -0.1) is 0 Å². The summed E-state index contributed by atoms with van der Waals surface area (Å²) in [7, 11) is 1.44. The number of carbonyl (C=O) groups excluding carboxylic acids is 1. The Balaban J connectivity index is 1.46. The number of halogens is 1. The molecule has 3 aromatic rings. The number of anilines is 1. The molecule has 1 heterocycles. The third kappa shape index (κ3) is 4.88. The molecule has 1 saturated carbocycles. The Morgan fingerprint density at radius 3 is 2.59 bits per heavy atom. The first-order valence-electron chi connectivity index (χ1n) is 10.7. The summed E-state index contributed by atoms with van der Waals surface area (Å²) in [6.07, 6.45) is 2.84. The van der Waals surface area contributed by atoms with Gasteiger partial charge in [-0.1, -0.05) is 23.2 Å². The number of benzene rings is 2. The number of rotatable bonds is 7. The van der Waals surface area contributed by atoms with Crippen molar-refractivity contribution in [3.05, 3.63) is 47.5 Å². The number of nitrogens with one attached hydrogen (secondary N) is 1. The van der Waals surface area contributed by atoms with Gasteiger partial charge in [-0.2, -0.15) is 4.98 Å². The summed E-state index contributed by atoms with van der Waals surface area (Å²) >= 11 is 6.33. The Morgan fingerprint density at radius 2 is 1.91 bits per heavy atom. The van der Waals surface area contributed by atoms with Crippen LogP contribution in [-0.4, -0.2) is 35.4 Å². The Labute approximate surface area is 192 Å². The van der Waals surface area contributed by atoms with Crippen LogP contribution in [0.15, 0.2) is 47.0 Å². The molecule has 0 bridgehead atoms. The second kappa shape index (κ2) is 9.61. The van der Waals surface area contributed by atoms with Crippen LogP contribution in [0, 0.1) is 5.92 Å². The maximum Gasteiger partial charge on any atom is 0.310 e.